The van der Waals surface area contributed by atoms with Crippen LogP contribution in [0.1, 0.15) is 26.7 Å². The molecule has 1 nitrogen and oxygen atoms in total. The van der Waals surface area contributed by atoms with Crippen LogP contribution in [0.25, 0.3) is 0 Å². The van der Waals surface area contributed by atoms with Crippen molar-refractivity contribution in [3.8, 4) is 0 Å². The Bertz CT molecular complexity index is 100. The Balaban J connectivity index is 3.76. The van der Waals surface area contributed by atoms with E-state index in [1.807, 2.05) is 0 Å². The van der Waals surface area contributed by atoms with Gasteiger partial charge in [-0.1, -0.05) is 13.8 Å². The molecule has 11 heavy (non-hydrogen) atoms. The highest BCUT2D eigenvalue weighted by atomic mass is 19.4. The average Bonchev–Trinajstić information content (AvgIpc) is 1.87. The second kappa shape index (κ2) is 4.59. The molecule has 0 aliphatic carbocycles. The summed E-state index contributed by atoms with van der Waals surface area (Å²) in [5, 5.41) is 0. The molecule has 0 aromatic carbocycles. The Kier molecular flexibility index (Phi) is 4.49. The number of alkyl halides is 3. The van der Waals surface area contributed by atoms with E-state index < -0.39 is 12.3 Å². The summed E-state index contributed by atoms with van der Waals surface area (Å²) in [6.45, 7) is 3.43. The van der Waals surface area contributed by atoms with Gasteiger partial charge < -0.3 is 4.74 Å². The molecule has 1 atom stereocenters. The highest BCUT2D eigenvalue weighted by molar-refractivity contribution is 4.64. The molecule has 0 spiro atoms. The van der Waals surface area contributed by atoms with Crippen molar-refractivity contribution in [1.82, 2.24) is 0 Å². The van der Waals surface area contributed by atoms with E-state index in [-0.39, 0.29) is 13.0 Å². The van der Waals surface area contributed by atoms with Crippen molar-refractivity contribution >= 4 is 0 Å². The van der Waals surface area contributed by atoms with Crippen molar-refractivity contribution in [2.45, 2.75) is 39.0 Å². The van der Waals surface area contributed by atoms with Gasteiger partial charge in [-0.3, -0.25) is 0 Å². The summed E-state index contributed by atoms with van der Waals surface area (Å²) in [6.07, 6.45) is -5.18. The van der Waals surface area contributed by atoms with Crippen LogP contribution in [0.5, 0.6) is 0 Å². The fourth-order valence-electron chi connectivity index (χ4n) is 0.704. The molecule has 0 amide bonds. The van der Waals surface area contributed by atoms with Gasteiger partial charge in [0.2, 0.25) is 0 Å². The summed E-state index contributed by atoms with van der Waals surface area (Å²) in [5.74, 6) is 0. The molecule has 68 valence electrons. The predicted octanol–water partition coefficient (Wildman–Crippen LogP) is 2.75. The molecule has 0 radical (unpaired) electrons. The molecule has 0 N–H and O–H groups in total. The number of ether oxygens (including phenoxy) is 1. The monoisotopic (exact) mass is 170 g/mol. The summed E-state index contributed by atoms with van der Waals surface area (Å²) in [5.41, 5.74) is 0. The lowest BCUT2D eigenvalue weighted by Crippen LogP contribution is -2.31. The maximum absolute atomic E-state index is 11.9. The molecule has 0 aliphatic rings. The Morgan fingerprint density at radius 1 is 1.27 bits per heavy atom. The molecule has 1 unspecified atom stereocenters. The largest absolute Gasteiger partial charge is 0.414 e. The van der Waals surface area contributed by atoms with Crippen molar-refractivity contribution in [2.75, 3.05) is 6.61 Å². The van der Waals surface area contributed by atoms with Gasteiger partial charge in [-0.05, 0) is 12.8 Å². The molecular formula is C7H13F3O. The molecule has 0 rings (SSSR count). The van der Waals surface area contributed by atoms with Crippen molar-refractivity contribution in [3.63, 3.8) is 0 Å². The molecule has 4 heteroatoms. The van der Waals surface area contributed by atoms with E-state index in [1.165, 1.54) is 6.92 Å². The molecule has 0 aromatic rings. The highest BCUT2D eigenvalue weighted by Gasteiger charge is 2.38. The Morgan fingerprint density at radius 2 is 1.82 bits per heavy atom. The lowest BCUT2D eigenvalue weighted by Gasteiger charge is -2.18. The first-order chi connectivity index (χ1) is 5.02. The Hall–Kier alpha value is -0.250. The van der Waals surface area contributed by atoms with Crippen molar-refractivity contribution in [1.29, 1.82) is 0 Å². The second-order valence-corrected chi connectivity index (χ2v) is 2.31. The van der Waals surface area contributed by atoms with E-state index in [9.17, 15) is 13.2 Å². The van der Waals surface area contributed by atoms with E-state index in [4.69, 9.17) is 0 Å². The van der Waals surface area contributed by atoms with Crippen LogP contribution in [0.15, 0.2) is 0 Å². The van der Waals surface area contributed by atoms with Crippen LogP contribution in [-0.4, -0.2) is 18.9 Å². The summed E-state index contributed by atoms with van der Waals surface area (Å²) in [7, 11) is 0. The van der Waals surface area contributed by atoms with Crippen LogP contribution >= 0.6 is 0 Å². The quantitative estimate of drug-likeness (QED) is 0.630. The molecule has 0 fully saturated rings. The van der Waals surface area contributed by atoms with Crippen LogP contribution in [0, 0.1) is 0 Å². The molecule has 0 saturated carbocycles. The van der Waals surface area contributed by atoms with E-state index >= 15 is 0 Å². The van der Waals surface area contributed by atoms with Gasteiger partial charge in [0.1, 0.15) is 0 Å². The highest BCUT2D eigenvalue weighted by Crippen LogP contribution is 2.24. The van der Waals surface area contributed by atoms with Crippen molar-refractivity contribution < 1.29 is 17.9 Å². The number of rotatable bonds is 4. The minimum atomic E-state index is -4.20. The fourth-order valence-corrected chi connectivity index (χ4v) is 0.704. The molecule has 0 heterocycles. The van der Waals surface area contributed by atoms with Gasteiger partial charge in [-0.2, -0.15) is 13.2 Å². The normalized spacial score (nSPS) is 15.0. The zero-order chi connectivity index (χ0) is 8.91. The lowest BCUT2D eigenvalue weighted by atomic mass is 10.3. The maximum Gasteiger partial charge on any atom is 0.414 e. The van der Waals surface area contributed by atoms with Gasteiger partial charge >= 0.3 is 6.18 Å². The van der Waals surface area contributed by atoms with Gasteiger partial charge in [0.05, 0.1) is 0 Å². The van der Waals surface area contributed by atoms with Gasteiger partial charge in [0, 0.05) is 6.61 Å². The third-order valence-electron chi connectivity index (χ3n) is 1.26. The third-order valence-corrected chi connectivity index (χ3v) is 1.26. The first kappa shape index (κ1) is 10.8. The summed E-state index contributed by atoms with van der Waals surface area (Å²) >= 11 is 0. The Morgan fingerprint density at radius 3 is 2.09 bits per heavy atom. The van der Waals surface area contributed by atoms with E-state index in [0.717, 1.165) is 0 Å². The summed E-state index contributed by atoms with van der Waals surface area (Å²) in [6, 6.07) is 0. The van der Waals surface area contributed by atoms with Crippen LogP contribution in [0.3, 0.4) is 0 Å². The van der Waals surface area contributed by atoms with Crippen LogP contribution < -0.4 is 0 Å². The summed E-state index contributed by atoms with van der Waals surface area (Å²) < 4.78 is 40.3. The minimum Gasteiger partial charge on any atom is -0.369 e. The second-order valence-electron chi connectivity index (χ2n) is 2.31. The SMILES string of the molecule is CCCOC(CC)C(F)(F)F. The Labute approximate surface area is 64.5 Å². The van der Waals surface area contributed by atoms with Crippen molar-refractivity contribution in [2.24, 2.45) is 0 Å². The standard InChI is InChI=1S/C7H13F3O/c1-3-5-11-6(4-2)7(8,9)10/h6H,3-5H2,1-2H3. The molecule has 0 bridgehead atoms. The van der Waals surface area contributed by atoms with Crippen LogP contribution in [-0.2, 0) is 4.74 Å². The summed E-state index contributed by atoms with van der Waals surface area (Å²) in [4.78, 5) is 0. The van der Waals surface area contributed by atoms with Gasteiger partial charge in [0.25, 0.3) is 0 Å². The zero-order valence-electron chi connectivity index (χ0n) is 6.74. The smallest absolute Gasteiger partial charge is 0.369 e. The first-order valence-electron chi connectivity index (χ1n) is 3.70. The number of halogens is 3. The van der Waals surface area contributed by atoms with Gasteiger partial charge in [0.15, 0.2) is 6.10 Å². The van der Waals surface area contributed by atoms with E-state index in [0.29, 0.717) is 6.42 Å². The van der Waals surface area contributed by atoms with Gasteiger partial charge in [-0.25, -0.2) is 0 Å². The van der Waals surface area contributed by atoms with E-state index in [2.05, 4.69) is 4.74 Å². The number of hydrogen-bond donors (Lipinski definition) is 0. The molecule has 0 aromatic heterocycles. The number of hydrogen-bond acceptors (Lipinski definition) is 1. The zero-order valence-corrected chi connectivity index (χ0v) is 6.74. The van der Waals surface area contributed by atoms with Crippen LogP contribution in [0.2, 0.25) is 0 Å². The fraction of sp³-hybridized carbons (Fsp3) is 1.00. The average molecular weight is 170 g/mol. The minimum absolute atomic E-state index is 0.0104. The molecule has 0 aliphatic heterocycles. The van der Waals surface area contributed by atoms with Gasteiger partial charge in [-0.15, -0.1) is 0 Å². The lowest BCUT2D eigenvalue weighted by molar-refractivity contribution is -0.220. The van der Waals surface area contributed by atoms with E-state index in [1.54, 1.807) is 6.92 Å². The first-order valence-corrected chi connectivity index (χ1v) is 3.70. The topological polar surface area (TPSA) is 9.23 Å². The van der Waals surface area contributed by atoms with Crippen LogP contribution in [0.4, 0.5) is 13.2 Å². The third kappa shape index (κ3) is 4.24. The molecule has 0 saturated heterocycles. The maximum atomic E-state index is 11.9. The van der Waals surface area contributed by atoms with Crippen molar-refractivity contribution in [3.05, 3.63) is 0 Å². The molecular weight excluding hydrogens is 157 g/mol. The predicted molar refractivity (Wildman–Crippen MR) is 36.4 cm³/mol.